The molecule has 0 aliphatic carbocycles. The molecule has 1 saturated heterocycles. The summed E-state index contributed by atoms with van der Waals surface area (Å²) in [4.78, 5) is 9.02. The summed E-state index contributed by atoms with van der Waals surface area (Å²) in [5.74, 6) is 0.923. The normalized spacial score (nSPS) is 21.9. The molecule has 1 unspecified atom stereocenters. The standard InChI is InChI=1S/C13H18N4/c1-11-10-16(2)7-4-8-17(11)13-6-3-5-12(9-14)15-13/h3,5-6,11H,4,7-8,10H2,1-2H3. The second kappa shape index (κ2) is 5.15. The van der Waals surface area contributed by atoms with E-state index in [9.17, 15) is 0 Å². The SMILES string of the molecule is CC1CN(C)CCCN1c1cccc(C#N)n1. The summed E-state index contributed by atoms with van der Waals surface area (Å²) in [6, 6.07) is 8.17. The van der Waals surface area contributed by atoms with E-state index in [4.69, 9.17) is 5.26 Å². The molecule has 0 saturated carbocycles. The van der Waals surface area contributed by atoms with Crippen LogP contribution >= 0.6 is 0 Å². The molecule has 0 aromatic carbocycles. The zero-order valence-electron chi connectivity index (χ0n) is 10.4. The summed E-state index contributed by atoms with van der Waals surface area (Å²) in [6.45, 7) is 5.38. The lowest BCUT2D eigenvalue weighted by atomic mass is 10.2. The molecule has 17 heavy (non-hydrogen) atoms. The molecule has 2 rings (SSSR count). The Bertz CT molecular complexity index is 424. The van der Waals surface area contributed by atoms with Gasteiger partial charge in [0.15, 0.2) is 0 Å². The largest absolute Gasteiger partial charge is 0.353 e. The molecule has 0 spiro atoms. The van der Waals surface area contributed by atoms with E-state index >= 15 is 0 Å². The lowest BCUT2D eigenvalue weighted by Crippen LogP contribution is -2.38. The monoisotopic (exact) mass is 230 g/mol. The summed E-state index contributed by atoms with van der Waals surface area (Å²) >= 11 is 0. The van der Waals surface area contributed by atoms with Crippen LogP contribution in [0.2, 0.25) is 0 Å². The number of likely N-dealkylation sites (N-methyl/N-ethyl adjacent to an activating group) is 1. The maximum absolute atomic E-state index is 8.88. The summed E-state index contributed by atoms with van der Waals surface area (Å²) in [5, 5.41) is 8.88. The Morgan fingerprint density at radius 1 is 1.41 bits per heavy atom. The number of aromatic nitrogens is 1. The fourth-order valence-corrected chi connectivity index (χ4v) is 2.36. The fraction of sp³-hybridized carbons (Fsp3) is 0.538. The van der Waals surface area contributed by atoms with Crippen LogP contribution in [0, 0.1) is 11.3 Å². The van der Waals surface area contributed by atoms with Crippen LogP contribution in [0.1, 0.15) is 19.0 Å². The van der Waals surface area contributed by atoms with Crippen molar-refractivity contribution in [2.24, 2.45) is 0 Å². The maximum Gasteiger partial charge on any atom is 0.142 e. The van der Waals surface area contributed by atoms with Crippen LogP contribution in [0.15, 0.2) is 18.2 Å². The van der Waals surface area contributed by atoms with Crippen molar-refractivity contribution in [2.45, 2.75) is 19.4 Å². The first-order chi connectivity index (χ1) is 8.20. The van der Waals surface area contributed by atoms with Crippen LogP contribution in [0.3, 0.4) is 0 Å². The van der Waals surface area contributed by atoms with E-state index in [1.165, 1.54) is 0 Å². The molecular formula is C13H18N4. The highest BCUT2D eigenvalue weighted by Crippen LogP contribution is 2.18. The molecule has 0 bridgehead atoms. The van der Waals surface area contributed by atoms with Gasteiger partial charge in [-0.25, -0.2) is 4.98 Å². The Kier molecular flexibility index (Phi) is 3.60. The van der Waals surface area contributed by atoms with Crippen molar-refractivity contribution >= 4 is 5.82 Å². The van der Waals surface area contributed by atoms with Gasteiger partial charge in [-0.3, -0.25) is 0 Å². The highest BCUT2D eigenvalue weighted by molar-refractivity contribution is 5.42. The second-order valence-electron chi connectivity index (χ2n) is 4.65. The number of anilines is 1. The second-order valence-corrected chi connectivity index (χ2v) is 4.65. The van der Waals surface area contributed by atoms with Crippen LogP contribution in [0.25, 0.3) is 0 Å². The van der Waals surface area contributed by atoms with Gasteiger partial charge in [0.05, 0.1) is 0 Å². The van der Waals surface area contributed by atoms with Crippen LogP contribution in [-0.4, -0.2) is 42.6 Å². The maximum atomic E-state index is 8.88. The number of hydrogen-bond donors (Lipinski definition) is 0. The van der Waals surface area contributed by atoms with Gasteiger partial charge in [0.2, 0.25) is 0 Å². The van der Waals surface area contributed by atoms with Crippen LogP contribution < -0.4 is 4.90 Å². The minimum Gasteiger partial charge on any atom is -0.353 e. The molecule has 1 aromatic heterocycles. The van der Waals surface area contributed by atoms with Gasteiger partial charge in [-0.1, -0.05) is 6.07 Å². The van der Waals surface area contributed by atoms with E-state index in [0.29, 0.717) is 11.7 Å². The van der Waals surface area contributed by atoms with Crippen molar-refractivity contribution in [1.29, 1.82) is 5.26 Å². The molecule has 0 radical (unpaired) electrons. The van der Waals surface area contributed by atoms with E-state index in [2.05, 4.69) is 34.8 Å². The highest BCUT2D eigenvalue weighted by atomic mass is 15.3. The van der Waals surface area contributed by atoms with Crippen molar-refractivity contribution in [3.05, 3.63) is 23.9 Å². The number of pyridine rings is 1. The van der Waals surface area contributed by atoms with Gasteiger partial charge >= 0.3 is 0 Å². The Morgan fingerprint density at radius 3 is 3.00 bits per heavy atom. The average molecular weight is 230 g/mol. The van der Waals surface area contributed by atoms with Gasteiger partial charge < -0.3 is 9.80 Å². The van der Waals surface area contributed by atoms with Crippen LogP contribution in [0.4, 0.5) is 5.82 Å². The summed E-state index contributed by atoms with van der Waals surface area (Å²) in [5.41, 5.74) is 0.493. The first kappa shape index (κ1) is 11.9. The quantitative estimate of drug-likeness (QED) is 0.733. The molecule has 1 aromatic rings. The Hall–Kier alpha value is -1.60. The number of nitriles is 1. The first-order valence-electron chi connectivity index (χ1n) is 6.03. The van der Waals surface area contributed by atoms with Crippen LogP contribution in [0.5, 0.6) is 0 Å². The molecule has 4 nitrogen and oxygen atoms in total. The minimum atomic E-state index is 0.434. The topological polar surface area (TPSA) is 43.2 Å². The molecule has 0 amide bonds. The summed E-state index contributed by atoms with van der Waals surface area (Å²) in [7, 11) is 2.15. The van der Waals surface area contributed by atoms with E-state index in [1.807, 2.05) is 12.1 Å². The molecule has 1 fully saturated rings. The smallest absolute Gasteiger partial charge is 0.142 e. The number of rotatable bonds is 1. The van der Waals surface area contributed by atoms with Gasteiger partial charge in [0.25, 0.3) is 0 Å². The Morgan fingerprint density at radius 2 is 2.24 bits per heavy atom. The van der Waals surface area contributed by atoms with Gasteiger partial charge in [-0.15, -0.1) is 0 Å². The van der Waals surface area contributed by atoms with Gasteiger partial charge in [-0.05, 0) is 39.1 Å². The minimum absolute atomic E-state index is 0.434. The third-order valence-corrected chi connectivity index (χ3v) is 3.19. The molecule has 4 heteroatoms. The van der Waals surface area contributed by atoms with Crippen molar-refractivity contribution in [3.63, 3.8) is 0 Å². The molecular weight excluding hydrogens is 212 g/mol. The van der Waals surface area contributed by atoms with E-state index in [0.717, 1.165) is 31.9 Å². The lowest BCUT2D eigenvalue weighted by Gasteiger charge is -2.29. The molecule has 2 heterocycles. The Balaban J connectivity index is 2.22. The molecule has 90 valence electrons. The molecule has 0 N–H and O–H groups in total. The van der Waals surface area contributed by atoms with Gasteiger partial charge in [0.1, 0.15) is 17.6 Å². The number of nitrogens with zero attached hydrogens (tertiary/aromatic N) is 4. The summed E-state index contributed by atoms with van der Waals surface area (Å²) < 4.78 is 0. The van der Waals surface area contributed by atoms with Crippen molar-refractivity contribution in [2.75, 3.05) is 31.6 Å². The average Bonchev–Trinajstić information content (AvgIpc) is 2.50. The highest BCUT2D eigenvalue weighted by Gasteiger charge is 2.20. The zero-order chi connectivity index (χ0) is 12.3. The van der Waals surface area contributed by atoms with Crippen molar-refractivity contribution in [3.8, 4) is 6.07 Å². The van der Waals surface area contributed by atoms with Crippen molar-refractivity contribution in [1.82, 2.24) is 9.88 Å². The molecule has 1 atom stereocenters. The van der Waals surface area contributed by atoms with Crippen LogP contribution in [-0.2, 0) is 0 Å². The predicted molar refractivity (Wildman–Crippen MR) is 67.9 cm³/mol. The number of hydrogen-bond acceptors (Lipinski definition) is 4. The fourth-order valence-electron chi connectivity index (χ4n) is 2.36. The van der Waals surface area contributed by atoms with Crippen molar-refractivity contribution < 1.29 is 0 Å². The Labute approximate surface area is 102 Å². The third kappa shape index (κ3) is 2.75. The lowest BCUT2D eigenvalue weighted by molar-refractivity contribution is 0.337. The van der Waals surface area contributed by atoms with E-state index in [1.54, 1.807) is 6.07 Å². The molecule has 1 aliphatic rings. The molecule has 1 aliphatic heterocycles. The van der Waals surface area contributed by atoms with Gasteiger partial charge in [0, 0.05) is 19.1 Å². The van der Waals surface area contributed by atoms with E-state index in [-0.39, 0.29) is 0 Å². The first-order valence-corrected chi connectivity index (χ1v) is 6.03. The zero-order valence-corrected chi connectivity index (χ0v) is 10.4. The van der Waals surface area contributed by atoms with E-state index < -0.39 is 0 Å². The van der Waals surface area contributed by atoms with Gasteiger partial charge in [-0.2, -0.15) is 5.26 Å². The third-order valence-electron chi connectivity index (χ3n) is 3.19. The predicted octanol–water partition coefficient (Wildman–Crippen LogP) is 1.48. The summed E-state index contributed by atoms with van der Waals surface area (Å²) in [6.07, 6.45) is 1.14.